The van der Waals surface area contributed by atoms with Crippen LogP contribution in [0.3, 0.4) is 0 Å². The SMILES string of the molecule is c1ccc(N(c2ccccc2)c2cccc3c2sc2c4ccccc4c(-c4cccc5c4sc4ccccc45)cc32)cc1. The largest absolute Gasteiger partial charge is 0.309 e. The Labute approximate surface area is 257 Å². The van der Waals surface area contributed by atoms with Crippen LogP contribution in [0.1, 0.15) is 0 Å². The van der Waals surface area contributed by atoms with E-state index in [0.29, 0.717) is 0 Å². The van der Waals surface area contributed by atoms with Gasteiger partial charge in [-0.25, -0.2) is 0 Å². The average Bonchev–Trinajstić information content (AvgIpc) is 3.65. The first-order valence-corrected chi connectivity index (χ1v) is 16.2. The first kappa shape index (κ1) is 24.6. The Kier molecular flexibility index (Phi) is 5.62. The molecule has 43 heavy (non-hydrogen) atoms. The number of hydrogen-bond acceptors (Lipinski definition) is 3. The van der Waals surface area contributed by atoms with Crippen molar-refractivity contribution in [2.24, 2.45) is 0 Å². The molecule has 0 amide bonds. The van der Waals surface area contributed by atoms with E-state index in [9.17, 15) is 0 Å². The molecule has 0 fully saturated rings. The molecule has 0 spiro atoms. The van der Waals surface area contributed by atoms with Crippen LogP contribution in [0.15, 0.2) is 152 Å². The zero-order valence-electron chi connectivity index (χ0n) is 23.2. The minimum absolute atomic E-state index is 1.15. The molecule has 0 N–H and O–H groups in total. The molecule has 0 atom stereocenters. The molecule has 0 radical (unpaired) electrons. The number of fused-ring (bicyclic) bond motifs is 8. The smallest absolute Gasteiger partial charge is 0.0640 e. The summed E-state index contributed by atoms with van der Waals surface area (Å²) in [6.45, 7) is 0. The highest BCUT2D eigenvalue weighted by Crippen LogP contribution is 2.49. The minimum atomic E-state index is 1.15. The number of anilines is 3. The van der Waals surface area contributed by atoms with Crippen molar-refractivity contribution >= 4 is 90.9 Å². The Morgan fingerprint density at radius 1 is 0.349 bits per heavy atom. The minimum Gasteiger partial charge on any atom is -0.309 e. The van der Waals surface area contributed by atoms with Crippen LogP contribution in [-0.4, -0.2) is 0 Å². The number of para-hydroxylation sites is 2. The Hall–Kier alpha value is -4.96. The maximum absolute atomic E-state index is 2.45. The van der Waals surface area contributed by atoms with Crippen molar-refractivity contribution in [1.82, 2.24) is 0 Å². The predicted octanol–water partition coefficient (Wildman–Crippen LogP) is 12.7. The fraction of sp³-hybridized carbons (Fsp3) is 0. The van der Waals surface area contributed by atoms with E-state index in [0.717, 1.165) is 11.4 Å². The summed E-state index contributed by atoms with van der Waals surface area (Å²) < 4.78 is 5.33. The van der Waals surface area contributed by atoms with E-state index in [-0.39, 0.29) is 0 Å². The van der Waals surface area contributed by atoms with Crippen molar-refractivity contribution in [3.8, 4) is 11.1 Å². The average molecular weight is 584 g/mol. The third-order valence-corrected chi connectivity index (χ3v) is 10.9. The van der Waals surface area contributed by atoms with E-state index in [1.54, 1.807) is 0 Å². The second-order valence-electron chi connectivity index (χ2n) is 10.9. The van der Waals surface area contributed by atoms with Crippen molar-refractivity contribution in [3.63, 3.8) is 0 Å². The van der Waals surface area contributed by atoms with E-state index in [1.807, 2.05) is 22.7 Å². The molecule has 7 aromatic carbocycles. The van der Waals surface area contributed by atoms with E-state index in [2.05, 4.69) is 157 Å². The Morgan fingerprint density at radius 2 is 0.907 bits per heavy atom. The summed E-state index contributed by atoms with van der Waals surface area (Å²) in [6, 6.07) is 55.1. The summed E-state index contributed by atoms with van der Waals surface area (Å²) in [5, 5.41) is 7.89. The summed E-state index contributed by atoms with van der Waals surface area (Å²) in [6.07, 6.45) is 0. The summed E-state index contributed by atoms with van der Waals surface area (Å²) in [5.74, 6) is 0. The van der Waals surface area contributed by atoms with Gasteiger partial charge in [0.2, 0.25) is 0 Å². The highest BCUT2D eigenvalue weighted by Gasteiger charge is 2.20. The van der Waals surface area contributed by atoms with Gasteiger partial charge in [-0.15, -0.1) is 22.7 Å². The van der Waals surface area contributed by atoms with Crippen LogP contribution in [0.5, 0.6) is 0 Å². The van der Waals surface area contributed by atoms with Crippen LogP contribution in [0.2, 0.25) is 0 Å². The molecule has 2 aromatic heterocycles. The maximum atomic E-state index is 2.45. The molecular weight excluding hydrogens is 559 g/mol. The van der Waals surface area contributed by atoms with Crippen LogP contribution >= 0.6 is 22.7 Å². The van der Waals surface area contributed by atoms with Gasteiger partial charge in [-0.3, -0.25) is 0 Å². The third kappa shape index (κ3) is 3.82. The number of hydrogen-bond donors (Lipinski definition) is 0. The molecule has 9 aromatic rings. The van der Waals surface area contributed by atoms with Crippen molar-refractivity contribution in [2.45, 2.75) is 0 Å². The van der Waals surface area contributed by atoms with Crippen LogP contribution in [0.4, 0.5) is 17.1 Å². The Morgan fingerprint density at radius 3 is 1.65 bits per heavy atom. The molecule has 0 aliphatic heterocycles. The summed E-state index contributed by atoms with van der Waals surface area (Å²) in [4.78, 5) is 2.39. The van der Waals surface area contributed by atoms with Crippen LogP contribution in [0.25, 0.3) is 62.2 Å². The monoisotopic (exact) mass is 583 g/mol. The van der Waals surface area contributed by atoms with Gasteiger partial charge in [-0.2, -0.15) is 0 Å². The normalized spacial score (nSPS) is 11.7. The molecule has 1 nitrogen and oxygen atoms in total. The summed E-state index contributed by atoms with van der Waals surface area (Å²) in [7, 11) is 0. The van der Waals surface area contributed by atoms with Crippen molar-refractivity contribution in [3.05, 3.63) is 152 Å². The van der Waals surface area contributed by atoms with Gasteiger partial charge in [0.15, 0.2) is 0 Å². The molecule has 2 heterocycles. The molecule has 0 aliphatic carbocycles. The first-order chi connectivity index (χ1) is 21.3. The van der Waals surface area contributed by atoms with Gasteiger partial charge in [-0.1, -0.05) is 109 Å². The van der Waals surface area contributed by atoms with Gasteiger partial charge in [0.25, 0.3) is 0 Å². The number of benzene rings is 7. The molecule has 9 rings (SSSR count). The zero-order valence-corrected chi connectivity index (χ0v) is 24.8. The Balaban J connectivity index is 1.36. The highest BCUT2D eigenvalue weighted by atomic mass is 32.1. The van der Waals surface area contributed by atoms with E-state index >= 15 is 0 Å². The van der Waals surface area contributed by atoms with Crippen molar-refractivity contribution in [2.75, 3.05) is 4.90 Å². The standard InChI is InChI=1S/C40H25NS2/c1-3-13-26(14-4-1)41(27-15-5-2-6-16-27)36-23-12-22-33-35-25-34(28-17-7-8-19-30(28)39(35)43-40(33)36)32-21-11-20-31-29-18-9-10-24-37(29)42-38(31)32/h1-25H. The summed E-state index contributed by atoms with van der Waals surface area (Å²) >= 11 is 3.81. The van der Waals surface area contributed by atoms with Gasteiger partial charge < -0.3 is 4.90 Å². The predicted molar refractivity (Wildman–Crippen MR) is 190 cm³/mol. The van der Waals surface area contributed by atoms with Gasteiger partial charge in [0, 0.05) is 58.0 Å². The number of thiophene rings is 2. The van der Waals surface area contributed by atoms with Crippen molar-refractivity contribution < 1.29 is 0 Å². The van der Waals surface area contributed by atoms with E-state index in [1.165, 1.54) is 67.9 Å². The lowest BCUT2D eigenvalue weighted by Crippen LogP contribution is -2.09. The van der Waals surface area contributed by atoms with E-state index < -0.39 is 0 Å². The summed E-state index contributed by atoms with van der Waals surface area (Å²) in [5.41, 5.74) is 6.12. The first-order valence-electron chi connectivity index (χ1n) is 14.5. The second-order valence-corrected chi connectivity index (χ2v) is 13.0. The van der Waals surface area contributed by atoms with Gasteiger partial charge in [0.1, 0.15) is 0 Å². The molecule has 0 unspecified atom stereocenters. The second kappa shape index (κ2) is 9.81. The highest BCUT2D eigenvalue weighted by molar-refractivity contribution is 7.27. The van der Waals surface area contributed by atoms with Gasteiger partial charge in [-0.05, 0) is 53.4 Å². The molecule has 0 bridgehead atoms. The molecule has 0 saturated heterocycles. The lowest BCUT2D eigenvalue weighted by atomic mass is 9.94. The van der Waals surface area contributed by atoms with Gasteiger partial charge in [0.05, 0.1) is 10.4 Å². The molecule has 202 valence electrons. The fourth-order valence-corrected chi connectivity index (χ4v) is 9.10. The van der Waals surface area contributed by atoms with Crippen molar-refractivity contribution in [1.29, 1.82) is 0 Å². The lowest BCUT2D eigenvalue weighted by Gasteiger charge is -2.25. The van der Waals surface area contributed by atoms with Crippen LogP contribution in [0, 0.1) is 0 Å². The quantitative estimate of drug-likeness (QED) is 0.199. The number of rotatable bonds is 4. The Bertz CT molecular complexity index is 2410. The lowest BCUT2D eigenvalue weighted by molar-refractivity contribution is 1.30. The van der Waals surface area contributed by atoms with Crippen LogP contribution in [-0.2, 0) is 0 Å². The maximum Gasteiger partial charge on any atom is 0.0640 e. The van der Waals surface area contributed by atoms with Gasteiger partial charge >= 0.3 is 0 Å². The number of nitrogens with zero attached hydrogens (tertiary/aromatic N) is 1. The van der Waals surface area contributed by atoms with E-state index in [4.69, 9.17) is 0 Å². The molecule has 0 saturated carbocycles. The molecule has 0 aliphatic rings. The fourth-order valence-electron chi connectivity index (χ4n) is 6.54. The molecule has 3 heteroatoms. The zero-order chi connectivity index (χ0) is 28.3. The van der Waals surface area contributed by atoms with Crippen LogP contribution < -0.4 is 4.90 Å². The topological polar surface area (TPSA) is 3.24 Å². The third-order valence-electron chi connectivity index (χ3n) is 8.45. The molecular formula is C40H25NS2.